The largest absolute Gasteiger partial charge is 0.507 e. The van der Waals surface area contributed by atoms with Crippen molar-refractivity contribution >= 4 is 5.97 Å². The molecule has 0 spiro atoms. The maximum absolute atomic E-state index is 11.9. The normalized spacial score (nSPS) is 10.5. The molecule has 1 N–H and O–H groups in total. The Morgan fingerprint density at radius 2 is 1.64 bits per heavy atom. The lowest BCUT2D eigenvalue weighted by Gasteiger charge is -2.12. The van der Waals surface area contributed by atoms with E-state index < -0.39 is 0 Å². The molecule has 0 aliphatic rings. The fourth-order valence-electron chi connectivity index (χ4n) is 2.99. The number of rotatable bonds is 3. The summed E-state index contributed by atoms with van der Waals surface area (Å²) in [6.45, 7) is 3.99. The average molecular weight is 332 g/mol. The molecule has 0 aliphatic heterocycles. The van der Waals surface area contributed by atoms with Crippen LogP contribution in [0.4, 0.5) is 0 Å². The number of aryl methyl sites for hydroxylation is 2. The van der Waals surface area contributed by atoms with Gasteiger partial charge in [0.05, 0.1) is 12.7 Å². The topological polar surface area (TPSA) is 46.5 Å². The number of hydrogen-bond acceptors (Lipinski definition) is 3. The smallest absolute Gasteiger partial charge is 0.337 e. The van der Waals surface area contributed by atoms with E-state index in [4.69, 9.17) is 4.74 Å². The number of ether oxygens (including phenoxy) is 1. The highest BCUT2D eigenvalue weighted by molar-refractivity contribution is 5.92. The molecule has 0 radical (unpaired) electrons. The molecule has 0 aromatic heterocycles. The van der Waals surface area contributed by atoms with Gasteiger partial charge in [0.2, 0.25) is 0 Å². The quantitative estimate of drug-likeness (QED) is 0.676. The van der Waals surface area contributed by atoms with Crippen molar-refractivity contribution in [3.63, 3.8) is 0 Å². The van der Waals surface area contributed by atoms with Crippen LogP contribution >= 0.6 is 0 Å². The van der Waals surface area contributed by atoms with Crippen LogP contribution in [0.25, 0.3) is 22.3 Å². The highest BCUT2D eigenvalue weighted by Gasteiger charge is 2.12. The second-order valence-corrected chi connectivity index (χ2v) is 6.13. The number of carbonyl (C=O) groups is 1. The Kier molecular flexibility index (Phi) is 4.57. The Morgan fingerprint density at radius 3 is 2.36 bits per heavy atom. The van der Waals surface area contributed by atoms with E-state index in [-0.39, 0.29) is 11.7 Å². The third kappa shape index (κ3) is 3.41. The van der Waals surface area contributed by atoms with Crippen LogP contribution in [0.1, 0.15) is 21.5 Å². The van der Waals surface area contributed by atoms with Crippen LogP contribution in [0.3, 0.4) is 0 Å². The molecule has 3 aromatic carbocycles. The first-order chi connectivity index (χ1) is 12.0. The first-order valence-electron chi connectivity index (χ1n) is 8.09. The maximum Gasteiger partial charge on any atom is 0.337 e. The molecule has 0 atom stereocenters. The fourth-order valence-corrected chi connectivity index (χ4v) is 2.99. The van der Waals surface area contributed by atoms with E-state index in [0.717, 1.165) is 33.4 Å². The number of phenols is 1. The predicted octanol–water partition coefficient (Wildman–Crippen LogP) is 5.13. The van der Waals surface area contributed by atoms with Crippen molar-refractivity contribution in [2.75, 3.05) is 7.11 Å². The van der Waals surface area contributed by atoms with Crippen molar-refractivity contribution in [2.45, 2.75) is 13.8 Å². The number of para-hydroxylation sites is 1. The molecule has 0 saturated heterocycles. The van der Waals surface area contributed by atoms with Crippen LogP contribution in [-0.4, -0.2) is 18.2 Å². The molecular formula is C22H20O3. The predicted molar refractivity (Wildman–Crippen MR) is 99.8 cm³/mol. The fraction of sp³-hybridized carbons (Fsp3) is 0.136. The summed E-state index contributed by atoms with van der Waals surface area (Å²) in [5, 5.41) is 10.1. The number of esters is 1. The molecule has 0 bridgehead atoms. The molecule has 0 amide bonds. The molecule has 0 saturated carbocycles. The molecule has 3 rings (SSSR count). The van der Waals surface area contributed by atoms with E-state index in [2.05, 4.69) is 0 Å². The van der Waals surface area contributed by atoms with Gasteiger partial charge in [-0.05, 0) is 65.9 Å². The molecule has 3 aromatic rings. The Morgan fingerprint density at radius 1 is 0.880 bits per heavy atom. The number of benzene rings is 3. The third-order valence-electron chi connectivity index (χ3n) is 4.26. The molecule has 3 heteroatoms. The van der Waals surface area contributed by atoms with E-state index in [1.54, 1.807) is 12.1 Å². The maximum atomic E-state index is 11.9. The van der Waals surface area contributed by atoms with Gasteiger partial charge in [-0.1, -0.05) is 36.4 Å². The summed E-state index contributed by atoms with van der Waals surface area (Å²) in [4.78, 5) is 11.9. The van der Waals surface area contributed by atoms with Crippen LogP contribution in [0, 0.1) is 13.8 Å². The third-order valence-corrected chi connectivity index (χ3v) is 4.26. The number of aromatic hydroxyl groups is 1. The van der Waals surface area contributed by atoms with Crippen LogP contribution in [-0.2, 0) is 4.74 Å². The molecule has 25 heavy (non-hydrogen) atoms. The van der Waals surface area contributed by atoms with Gasteiger partial charge in [-0.25, -0.2) is 4.79 Å². The number of methoxy groups -OCH3 is 1. The standard InChI is InChI=1S/C22H20O3/c1-14-10-17(12-18(11-14)22(24)25-3)20-13-16(9-8-15(20)2)19-6-4-5-7-21(19)23/h4-13,23H,1-3H3. The van der Waals surface area contributed by atoms with Crippen molar-refractivity contribution in [3.05, 3.63) is 77.4 Å². The SMILES string of the molecule is COC(=O)c1cc(C)cc(-c2cc(-c3ccccc3O)ccc2C)c1. The minimum Gasteiger partial charge on any atom is -0.507 e. The van der Waals surface area contributed by atoms with Gasteiger partial charge in [-0.2, -0.15) is 0 Å². The average Bonchev–Trinajstić information content (AvgIpc) is 2.61. The Balaban J connectivity index is 2.15. The summed E-state index contributed by atoms with van der Waals surface area (Å²) in [6, 6.07) is 19.0. The van der Waals surface area contributed by atoms with Gasteiger partial charge in [0.15, 0.2) is 0 Å². The van der Waals surface area contributed by atoms with Crippen LogP contribution in [0.15, 0.2) is 60.7 Å². The van der Waals surface area contributed by atoms with Gasteiger partial charge >= 0.3 is 5.97 Å². The van der Waals surface area contributed by atoms with Gasteiger partial charge in [0.1, 0.15) is 5.75 Å². The van der Waals surface area contributed by atoms with Crippen molar-refractivity contribution in [2.24, 2.45) is 0 Å². The van der Waals surface area contributed by atoms with Gasteiger partial charge in [0, 0.05) is 5.56 Å². The molecular weight excluding hydrogens is 312 g/mol. The van der Waals surface area contributed by atoms with Crippen molar-refractivity contribution < 1.29 is 14.6 Å². The van der Waals surface area contributed by atoms with E-state index >= 15 is 0 Å². The minimum atomic E-state index is -0.348. The number of phenolic OH excluding ortho intramolecular Hbond substituents is 1. The number of hydrogen-bond donors (Lipinski definition) is 1. The first kappa shape index (κ1) is 16.8. The summed E-state index contributed by atoms with van der Waals surface area (Å²) >= 11 is 0. The minimum absolute atomic E-state index is 0.247. The Bertz CT molecular complexity index is 942. The number of carbonyl (C=O) groups excluding carboxylic acids is 1. The summed E-state index contributed by atoms with van der Waals surface area (Å²) in [5.74, 6) is -0.101. The van der Waals surface area contributed by atoms with Gasteiger partial charge in [-0.15, -0.1) is 0 Å². The van der Waals surface area contributed by atoms with E-state index in [1.165, 1.54) is 7.11 Å². The van der Waals surface area contributed by atoms with Gasteiger partial charge in [-0.3, -0.25) is 0 Å². The highest BCUT2D eigenvalue weighted by Crippen LogP contribution is 2.34. The lowest BCUT2D eigenvalue weighted by Crippen LogP contribution is -2.02. The van der Waals surface area contributed by atoms with Crippen molar-refractivity contribution in [1.82, 2.24) is 0 Å². The zero-order chi connectivity index (χ0) is 18.0. The van der Waals surface area contributed by atoms with E-state index in [9.17, 15) is 9.90 Å². The monoisotopic (exact) mass is 332 g/mol. The highest BCUT2D eigenvalue weighted by atomic mass is 16.5. The summed E-state index contributed by atoms with van der Waals surface area (Å²) in [5.41, 5.74) is 6.31. The summed E-state index contributed by atoms with van der Waals surface area (Å²) in [7, 11) is 1.38. The molecule has 0 heterocycles. The van der Waals surface area contributed by atoms with Crippen LogP contribution in [0.5, 0.6) is 5.75 Å². The Hall–Kier alpha value is -3.07. The summed E-state index contributed by atoms with van der Waals surface area (Å²) in [6.07, 6.45) is 0. The molecule has 0 aliphatic carbocycles. The lowest BCUT2D eigenvalue weighted by atomic mass is 9.93. The Labute approximate surface area is 147 Å². The molecule has 3 nitrogen and oxygen atoms in total. The van der Waals surface area contributed by atoms with Gasteiger partial charge in [0.25, 0.3) is 0 Å². The van der Waals surface area contributed by atoms with Gasteiger partial charge < -0.3 is 9.84 Å². The van der Waals surface area contributed by atoms with Crippen LogP contribution in [0.2, 0.25) is 0 Å². The van der Waals surface area contributed by atoms with E-state index in [0.29, 0.717) is 5.56 Å². The van der Waals surface area contributed by atoms with Crippen molar-refractivity contribution in [1.29, 1.82) is 0 Å². The second kappa shape index (κ2) is 6.81. The molecule has 126 valence electrons. The lowest BCUT2D eigenvalue weighted by molar-refractivity contribution is 0.0600. The second-order valence-electron chi connectivity index (χ2n) is 6.13. The molecule has 0 fully saturated rings. The zero-order valence-corrected chi connectivity index (χ0v) is 14.5. The first-order valence-corrected chi connectivity index (χ1v) is 8.09. The van der Waals surface area contributed by atoms with Crippen molar-refractivity contribution in [3.8, 4) is 28.0 Å². The van der Waals surface area contributed by atoms with Crippen LogP contribution < -0.4 is 0 Å². The van der Waals surface area contributed by atoms with E-state index in [1.807, 2.05) is 62.4 Å². The zero-order valence-electron chi connectivity index (χ0n) is 14.5. The summed E-state index contributed by atoms with van der Waals surface area (Å²) < 4.78 is 4.85. The molecule has 0 unspecified atom stereocenters.